The molecule has 0 aliphatic carbocycles. The van der Waals surface area contributed by atoms with Gasteiger partial charge in [0.25, 0.3) is 0 Å². The minimum Gasteiger partial charge on any atom is -0.598 e. The zero-order chi connectivity index (χ0) is 18.9. The van der Waals surface area contributed by atoms with Gasteiger partial charge in [-0.25, -0.2) is 4.39 Å². The zero-order valence-corrected chi connectivity index (χ0v) is 15.2. The number of alkyl halides is 2. The first kappa shape index (κ1) is 21.2. The monoisotopic (exact) mass is 367 g/mol. The summed E-state index contributed by atoms with van der Waals surface area (Å²) in [6.45, 7) is 6.18. The Morgan fingerprint density at radius 1 is 1.25 bits per heavy atom. The largest absolute Gasteiger partial charge is 0.598 e. The number of aliphatic hydroxyl groups excluding tert-OH is 1. The van der Waals surface area contributed by atoms with Gasteiger partial charge in [0.1, 0.15) is 10.6 Å². The van der Waals surface area contributed by atoms with Crippen LogP contribution in [0, 0.1) is 5.82 Å². The molecule has 0 aromatic heterocycles. The summed E-state index contributed by atoms with van der Waals surface area (Å²) < 4.78 is 57.5. The highest BCUT2D eigenvalue weighted by Crippen LogP contribution is 2.41. The fraction of sp³-hybridized carbons (Fsp3) is 0.625. The van der Waals surface area contributed by atoms with Gasteiger partial charge in [0.2, 0.25) is 0 Å². The third-order valence-corrected chi connectivity index (χ3v) is 5.34. The van der Waals surface area contributed by atoms with Crippen molar-refractivity contribution in [2.75, 3.05) is 6.61 Å². The summed E-state index contributed by atoms with van der Waals surface area (Å²) in [5, 5.41) is 18.6. The molecule has 0 heterocycles. The van der Waals surface area contributed by atoms with E-state index in [9.17, 15) is 22.8 Å². The minimum absolute atomic E-state index is 0.0986. The van der Waals surface area contributed by atoms with Crippen molar-refractivity contribution >= 4 is 11.4 Å². The predicted octanol–water partition coefficient (Wildman–Crippen LogP) is 2.77. The topological polar surface area (TPSA) is 75.5 Å². The number of benzene rings is 1. The Morgan fingerprint density at radius 2 is 1.79 bits per heavy atom. The fourth-order valence-electron chi connectivity index (χ4n) is 1.92. The normalized spacial score (nSPS) is 18.1. The second kappa shape index (κ2) is 7.21. The van der Waals surface area contributed by atoms with E-state index in [1.165, 1.54) is 19.1 Å². The maximum atomic E-state index is 14.6. The second-order valence-electron chi connectivity index (χ2n) is 6.94. The highest BCUT2D eigenvalue weighted by Gasteiger charge is 2.52. The van der Waals surface area contributed by atoms with E-state index in [0.717, 1.165) is 13.0 Å². The Hall–Kier alpha value is -0.800. The maximum Gasteiger partial charge on any atom is 0.306 e. The lowest BCUT2D eigenvalue weighted by atomic mass is 9.90. The molecule has 0 aliphatic heterocycles. The standard InChI is InChI=1S/C16H24F3NO3S/c1-10(20-24(23)14(2,3)4)11-7-6-8-12(13(11)17)16(18,19)15(5,22)9-21/h6-8,10,20-22H,9H2,1-5H3/t10-,15?,24?/m0/s1. The molecule has 0 saturated heterocycles. The average molecular weight is 367 g/mol. The molecule has 0 saturated carbocycles. The first-order valence-electron chi connectivity index (χ1n) is 7.43. The molecule has 0 amide bonds. The Morgan fingerprint density at radius 3 is 2.25 bits per heavy atom. The summed E-state index contributed by atoms with van der Waals surface area (Å²) in [5.41, 5.74) is -3.93. The van der Waals surface area contributed by atoms with Gasteiger partial charge in [-0.3, -0.25) is 0 Å². The van der Waals surface area contributed by atoms with Crippen molar-refractivity contribution in [2.45, 2.75) is 56.9 Å². The van der Waals surface area contributed by atoms with Gasteiger partial charge in [-0.05, 0) is 40.7 Å². The number of hydrogen-bond acceptors (Lipinski definition) is 4. The molecule has 24 heavy (non-hydrogen) atoms. The minimum atomic E-state index is -4.00. The molecule has 3 atom stereocenters. The van der Waals surface area contributed by atoms with Crippen LogP contribution in [0.1, 0.15) is 51.8 Å². The molecule has 4 nitrogen and oxygen atoms in total. The number of rotatable bonds is 6. The summed E-state index contributed by atoms with van der Waals surface area (Å²) in [6.07, 6.45) is 0. The first-order valence-corrected chi connectivity index (χ1v) is 8.58. The molecular formula is C16H24F3NO3S. The SMILES string of the molecule is C[C@H](N[S+]([O-])C(C)(C)C)c1cccc(C(F)(F)C(C)(O)CO)c1F. The van der Waals surface area contributed by atoms with Crippen LogP contribution >= 0.6 is 0 Å². The second-order valence-corrected chi connectivity index (χ2v) is 8.93. The highest BCUT2D eigenvalue weighted by atomic mass is 32.2. The van der Waals surface area contributed by atoms with E-state index in [4.69, 9.17) is 5.11 Å². The van der Waals surface area contributed by atoms with Crippen LogP contribution in [0.3, 0.4) is 0 Å². The van der Waals surface area contributed by atoms with Crippen LogP contribution in [0.5, 0.6) is 0 Å². The van der Waals surface area contributed by atoms with E-state index in [1.54, 1.807) is 20.8 Å². The Bertz CT molecular complexity index is 576. The number of halogens is 3. The van der Waals surface area contributed by atoms with Crippen LogP contribution in [0.15, 0.2) is 18.2 Å². The predicted molar refractivity (Wildman–Crippen MR) is 87.4 cm³/mol. The van der Waals surface area contributed by atoms with Crippen molar-refractivity contribution in [1.82, 2.24) is 4.72 Å². The summed E-state index contributed by atoms with van der Waals surface area (Å²) >= 11 is -1.52. The molecule has 1 aromatic rings. The first-order chi connectivity index (χ1) is 10.8. The molecule has 1 aromatic carbocycles. The third kappa shape index (κ3) is 4.23. The van der Waals surface area contributed by atoms with Gasteiger partial charge in [0, 0.05) is 16.9 Å². The maximum absolute atomic E-state index is 14.6. The molecule has 0 radical (unpaired) electrons. The number of nitrogens with one attached hydrogen (secondary N) is 1. The Balaban J connectivity index is 3.23. The van der Waals surface area contributed by atoms with Crippen molar-refractivity contribution in [2.24, 2.45) is 0 Å². The Labute approximate surface area is 143 Å². The van der Waals surface area contributed by atoms with Crippen LogP contribution < -0.4 is 4.72 Å². The van der Waals surface area contributed by atoms with Gasteiger partial charge in [0.15, 0.2) is 5.60 Å². The molecule has 1 rings (SSSR count). The highest BCUT2D eigenvalue weighted by molar-refractivity contribution is 7.90. The van der Waals surface area contributed by atoms with Gasteiger partial charge < -0.3 is 14.8 Å². The molecular weight excluding hydrogens is 343 g/mol. The van der Waals surface area contributed by atoms with E-state index in [0.29, 0.717) is 0 Å². The average Bonchev–Trinajstić information content (AvgIpc) is 2.45. The molecule has 0 spiro atoms. The number of hydrogen-bond donors (Lipinski definition) is 3. The van der Waals surface area contributed by atoms with Gasteiger partial charge in [-0.15, -0.1) is 4.72 Å². The van der Waals surface area contributed by atoms with Crippen molar-refractivity contribution < 1.29 is 27.9 Å². The van der Waals surface area contributed by atoms with E-state index >= 15 is 0 Å². The molecule has 0 bridgehead atoms. The fourth-order valence-corrected chi connectivity index (χ4v) is 2.72. The van der Waals surface area contributed by atoms with Gasteiger partial charge in [-0.1, -0.05) is 12.1 Å². The zero-order valence-electron chi connectivity index (χ0n) is 14.4. The lowest BCUT2D eigenvalue weighted by Crippen LogP contribution is -2.47. The van der Waals surface area contributed by atoms with Crippen LogP contribution in [-0.4, -0.2) is 31.7 Å². The van der Waals surface area contributed by atoms with Crippen LogP contribution in [0.2, 0.25) is 0 Å². The van der Waals surface area contributed by atoms with E-state index in [-0.39, 0.29) is 5.56 Å². The van der Waals surface area contributed by atoms with Crippen molar-refractivity contribution in [3.63, 3.8) is 0 Å². The van der Waals surface area contributed by atoms with Crippen molar-refractivity contribution in [1.29, 1.82) is 0 Å². The van der Waals surface area contributed by atoms with Crippen molar-refractivity contribution in [3.8, 4) is 0 Å². The smallest absolute Gasteiger partial charge is 0.306 e. The van der Waals surface area contributed by atoms with Crippen LogP contribution in [0.4, 0.5) is 13.2 Å². The molecule has 3 N–H and O–H groups in total. The summed E-state index contributed by atoms with van der Waals surface area (Å²) in [7, 11) is 0. The van der Waals surface area contributed by atoms with Crippen molar-refractivity contribution in [3.05, 3.63) is 35.1 Å². The van der Waals surface area contributed by atoms with Crippen LogP contribution in [0.25, 0.3) is 0 Å². The summed E-state index contributed by atoms with van der Waals surface area (Å²) in [5.74, 6) is -5.20. The lowest BCUT2D eigenvalue weighted by Gasteiger charge is -2.32. The molecule has 8 heteroatoms. The Kier molecular flexibility index (Phi) is 6.38. The third-order valence-electron chi connectivity index (χ3n) is 3.66. The van der Waals surface area contributed by atoms with Gasteiger partial charge in [-0.2, -0.15) is 8.78 Å². The summed E-state index contributed by atoms with van der Waals surface area (Å²) in [4.78, 5) is 0. The summed E-state index contributed by atoms with van der Waals surface area (Å²) in [6, 6.07) is 2.60. The number of aliphatic hydroxyl groups is 2. The molecule has 0 aliphatic rings. The van der Waals surface area contributed by atoms with Gasteiger partial charge in [0.05, 0.1) is 18.2 Å². The van der Waals surface area contributed by atoms with Crippen LogP contribution in [-0.2, 0) is 17.3 Å². The molecule has 2 unspecified atom stereocenters. The lowest BCUT2D eigenvalue weighted by molar-refractivity contribution is -0.197. The van der Waals surface area contributed by atoms with Gasteiger partial charge >= 0.3 is 5.92 Å². The van der Waals surface area contributed by atoms with E-state index in [2.05, 4.69) is 4.72 Å². The molecule has 138 valence electrons. The van der Waals surface area contributed by atoms with E-state index in [1.807, 2.05) is 0 Å². The molecule has 0 fully saturated rings. The quantitative estimate of drug-likeness (QED) is 0.676. The van der Waals surface area contributed by atoms with E-state index < -0.39 is 51.7 Å².